The maximum Gasteiger partial charge on any atom is 0.277 e. The van der Waals surface area contributed by atoms with Crippen molar-refractivity contribution in [3.63, 3.8) is 0 Å². The zero-order chi connectivity index (χ0) is 18.8. The topological polar surface area (TPSA) is 77.8 Å². The van der Waals surface area contributed by atoms with E-state index in [-0.39, 0.29) is 0 Å². The van der Waals surface area contributed by atoms with Crippen molar-refractivity contribution < 1.29 is 8.94 Å². The van der Waals surface area contributed by atoms with Gasteiger partial charge < -0.3 is 8.94 Å². The molecule has 27 heavy (non-hydrogen) atoms. The number of aryl methyl sites for hydroxylation is 2. The number of hydrogen-bond acceptors (Lipinski definition) is 7. The Labute approximate surface area is 168 Å². The number of thioether (sulfide) groups is 1. The molecule has 4 rings (SSSR count). The second-order valence-electron chi connectivity index (χ2n) is 6.06. The molecule has 2 aromatic heterocycles. The van der Waals surface area contributed by atoms with Crippen LogP contribution in [0.1, 0.15) is 17.0 Å². The van der Waals surface area contributed by atoms with Crippen molar-refractivity contribution in [2.45, 2.75) is 24.8 Å². The molecule has 0 N–H and O–H groups in total. The minimum atomic E-state index is 0.454. The lowest BCUT2D eigenvalue weighted by Crippen LogP contribution is -1.83. The van der Waals surface area contributed by atoms with E-state index in [2.05, 4.69) is 42.3 Å². The summed E-state index contributed by atoms with van der Waals surface area (Å²) in [7, 11) is 0. The summed E-state index contributed by atoms with van der Waals surface area (Å²) in [6.45, 7) is 4.09. The summed E-state index contributed by atoms with van der Waals surface area (Å²) in [6, 6.07) is 13.9. The summed E-state index contributed by atoms with van der Waals surface area (Å²) in [6.07, 6.45) is 0. The van der Waals surface area contributed by atoms with Crippen LogP contribution in [0, 0.1) is 13.8 Å². The van der Waals surface area contributed by atoms with Gasteiger partial charge in [-0.05, 0) is 38.1 Å². The van der Waals surface area contributed by atoms with E-state index in [0.717, 1.165) is 26.7 Å². The van der Waals surface area contributed by atoms with Gasteiger partial charge in [-0.25, -0.2) is 0 Å². The SMILES string of the molecule is Cc1cc(C)cc(-c2nnc(SCc3nc(-c4cccc(Br)c4)no3)o2)c1. The van der Waals surface area contributed by atoms with E-state index in [0.29, 0.717) is 28.6 Å². The van der Waals surface area contributed by atoms with Crippen LogP contribution in [0.4, 0.5) is 0 Å². The molecule has 0 aliphatic carbocycles. The molecular weight excluding hydrogens is 428 g/mol. The molecule has 0 atom stereocenters. The lowest BCUT2D eigenvalue weighted by Gasteiger charge is -1.99. The molecule has 0 saturated heterocycles. The normalized spacial score (nSPS) is 11.1. The highest BCUT2D eigenvalue weighted by molar-refractivity contribution is 9.10. The molecule has 0 unspecified atom stereocenters. The van der Waals surface area contributed by atoms with Crippen LogP contribution in [0.15, 0.2) is 61.1 Å². The van der Waals surface area contributed by atoms with Crippen LogP contribution in [-0.4, -0.2) is 20.3 Å². The Kier molecular flexibility index (Phi) is 5.09. The fourth-order valence-electron chi connectivity index (χ4n) is 2.66. The summed E-state index contributed by atoms with van der Waals surface area (Å²) < 4.78 is 12.0. The van der Waals surface area contributed by atoms with Gasteiger partial charge in [0.15, 0.2) is 0 Å². The standard InChI is InChI=1S/C19H15BrN4O2S/c1-11-6-12(2)8-14(7-11)18-22-23-19(25-18)27-10-16-21-17(24-26-16)13-4-3-5-15(20)9-13/h3-9H,10H2,1-2H3. The van der Waals surface area contributed by atoms with Gasteiger partial charge in [-0.15, -0.1) is 10.2 Å². The summed E-state index contributed by atoms with van der Waals surface area (Å²) in [5.41, 5.74) is 4.12. The van der Waals surface area contributed by atoms with E-state index in [1.54, 1.807) is 0 Å². The predicted molar refractivity (Wildman–Crippen MR) is 106 cm³/mol. The number of benzene rings is 2. The summed E-state index contributed by atoms with van der Waals surface area (Å²) in [5.74, 6) is 2.01. The largest absolute Gasteiger partial charge is 0.411 e. The van der Waals surface area contributed by atoms with Gasteiger partial charge >= 0.3 is 0 Å². The summed E-state index contributed by atoms with van der Waals surface area (Å²) >= 11 is 4.80. The van der Waals surface area contributed by atoms with E-state index >= 15 is 0 Å². The van der Waals surface area contributed by atoms with Gasteiger partial charge in [0.2, 0.25) is 17.6 Å². The third-order valence-electron chi connectivity index (χ3n) is 3.75. The first-order chi connectivity index (χ1) is 13.1. The number of halogens is 1. The minimum absolute atomic E-state index is 0.454. The lowest BCUT2D eigenvalue weighted by molar-refractivity contribution is 0.391. The van der Waals surface area contributed by atoms with Crippen LogP contribution < -0.4 is 0 Å². The third-order valence-corrected chi connectivity index (χ3v) is 5.04. The highest BCUT2D eigenvalue weighted by atomic mass is 79.9. The molecular formula is C19H15BrN4O2S. The molecule has 0 fully saturated rings. The highest BCUT2D eigenvalue weighted by Gasteiger charge is 2.13. The Balaban J connectivity index is 1.45. The number of nitrogens with zero attached hydrogens (tertiary/aromatic N) is 4. The van der Waals surface area contributed by atoms with Gasteiger partial charge in [0.05, 0.1) is 5.75 Å². The molecule has 0 spiro atoms. The van der Waals surface area contributed by atoms with Crippen molar-refractivity contribution >= 4 is 27.7 Å². The van der Waals surface area contributed by atoms with Crippen molar-refractivity contribution in [2.24, 2.45) is 0 Å². The Morgan fingerprint density at radius 3 is 2.59 bits per heavy atom. The van der Waals surface area contributed by atoms with Crippen molar-refractivity contribution in [3.05, 3.63) is 64.0 Å². The zero-order valence-corrected chi connectivity index (χ0v) is 17.0. The summed E-state index contributed by atoms with van der Waals surface area (Å²) in [5, 5.41) is 12.7. The fraction of sp³-hybridized carbons (Fsp3) is 0.158. The quantitative estimate of drug-likeness (QED) is 0.379. The smallest absolute Gasteiger partial charge is 0.277 e. The maximum atomic E-state index is 5.75. The molecule has 8 heteroatoms. The molecule has 0 bridgehead atoms. The number of aromatic nitrogens is 4. The molecule has 4 aromatic rings. The monoisotopic (exact) mass is 442 g/mol. The van der Waals surface area contributed by atoms with Gasteiger partial charge in [0.1, 0.15) is 0 Å². The molecule has 0 amide bonds. The fourth-order valence-corrected chi connectivity index (χ4v) is 3.66. The van der Waals surface area contributed by atoms with Crippen LogP contribution >= 0.6 is 27.7 Å². The molecule has 0 aliphatic heterocycles. The van der Waals surface area contributed by atoms with Crippen molar-refractivity contribution in [1.82, 2.24) is 20.3 Å². The maximum absolute atomic E-state index is 5.75. The third kappa shape index (κ3) is 4.28. The number of hydrogen-bond donors (Lipinski definition) is 0. The first-order valence-corrected chi connectivity index (χ1v) is 9.98. The lowest BCUT2D eigenvalue weighted by atomic mass is 10.1. The predicted octanol–water partition coefficient (Wildman–Crippen LogP) is 5.46. The van der Waals surface area contributed by atoms with Crippen LogP contribution in [0.3, 0.4) is 0 Å². The first-order valence-electron chi connectivity index (χ1n) is 8.20. The van der Waals surface area contributed by atoms with Crippen molar-refractivity contribution in [2.75, 3.05) is 0 Å². The van der Waals surface area contributed by atoms with Crippen molar-refractivity contribution in [3.8, 4) is 22.8 Å². The Morgan fingerprint density at radius 1 is 1.00 bits per heavy atom. The van der Waals surface area contributed by atoms with E-state index < -0.39 is 0 Å². The molecule has 2 heterocycles. The van der Waals surface area contributed by atoms with Gasteiger partial charge in [-0.3, -0.25) is 0 Å². The number of rotatable bonds is 5. The van der Waals surface area contributed by atoms with E-state index in [4.69, 9.17) is 8.94 Å². The van der Waals surface area contributed by atoms with E-state index in [1.807, 2.05) is 50.2 Å². The van der Waals surface area contributed by atoms with E-state index in [1.165, 1.54) is 11.8 Å². The van der Waals surface area contributed by atoms with Crippen molar-refractivity contribution in [1.29, 1.82) is 0 Å². The average Bonchev–Trinajstić information content (AvgIpc) is 3.29. The first kappa shape index (κ1) is 17.9. The van der Waals surface area contributed by atoms with Crippen LogP contribution in [0.2, 0.25) is 0 Å². The van der Waals surface area contributed by atoms with Gasteiger partial charge in [-0.1, -0.05) is 62.2 Å². The molecule has 0 saturated carbocycles. The molecule has 136 valence electrons. The minimum Gasteiger partial charge on any atom is -0.411 e. The Morgan fingerprint density at radius 2 is 1.81 bits per heavy atom. The molecule has 6 nitrogen and oxygen atoms in total. The Bertz CT molecular complexity index is 1070. The highest BCUT2D eigenvalue weighted by Crippen LogP contribution is 2.27. The molecule has 2 aromatic carbocycles. The van der Waals surface area contributed by atoms with Crippen LogP contribution in [0.25, 0.3) is 22.8 Å². The Hall–Kier alpha value is -2.45. The van der Waals surface area contributed by atoms with E-state index in [9.17, 15) is 0 Å². The average molecular weight is 443 g/mol. The summed E-state index contributed by atoms with van der Waals surface area (Å²) in [4.78, 5) is 4.42. The molecule has 0 aliphatic rings. The molecule has 0 radical (unpaired) electrons. The van der Waals surface area contributed by atoms with Gasteiger partial charge in [-0.2, -0.15) is 4.98 Å². The van der Waals surface area contributed by atoms with Crippen LogP contribution in [0.5, 0.6) is 0 Å². The van der Waals surface area contributed by atoms with Gasteiger partial charge in [0, 0.05) is 15.6 Å². The van der Waals surface area contributed by atoms with Crippen LogP contribution in [-0.2, 0) is 5.75 Å². The van der Waals surface area contributed by atoms with Gasteiger partial charge in [0.25, 0.3) is 5.22 Å². The second-order valence-corrected chi connectivity index (χ2v) is 7.90. The second kappa shape index (κ2) is 7.66. The zero-order valence-electron chi connectivity index (χ0n) is 14.6.